The zero-order valence-electron chi connectivity index (χ0n) is 7.85. The van der Waals surface area contributed by atoms with Crippen LogP contribution in [0, 0.1) is 9.52 Å². The van der Waals surface area contributed by atoms with Gasteiger partial charge in [-0.1, -0.05) is 12.1 Å². The van der Waals surface area contributed by atoms with Crippen molar-refractivity contribution in [2.75, 3.05) is 0 Å². The van der Waals surface area contributed by atoms with Crippen molar-refractivity contribution in [1.29, 1.82) is 0 Å². The van der Waals surface area contributed by atoms with Gasteiger partial charge in [-0.25, -0.2) is 13.2 Å². The zero-order chi connectivity index (χ0) is 11.7. The highest BCUT2D eigenvalue weighted by atomic mass is 127. The SMILES string of the molecule is Fc1cccc(-c2c(I)n[nH]c2C(F)F)c1. The molecule has 2 aromatic rings. The van der Waals surface area contributed by atoms with Gasteiger partial charge in [0, 0.05) is 5.56 Å². The molecule has 2 nitrogen and oxygen atoms in total. The first-order valence-corrected chi connectivity index (χ1v) is 5.45. The van der Waals surface area contributed by atoms with Gasteiger partial charge in [0.05, 0.1) is 0 Å². The first kappa shape index (κ1) is 11.4. The molecule has 0 bridgehead atoms. The Morgan fingerprint density at radius 1 is 1.31 bits per heavy atom. The van der Waals surface area contributed by atoms with Crippen LogP contribution >= 0.6 is 22.6 Å². The van der Waals surface area contributed by atoms with Gasteiger partial charge in [0.25, 0.3) is 6.43 Å². The number of rotatable bonds is 2. The lowest BCUT2D eigenvalue weighted by Crippen LogP contribution is -1.89. The Morgan fingerprint density at radius 2 is 2.06 bits per heavy atom. The average molecular weight is 338 g/mol. The van der Waals surface area contributed by atoms with E-state index in [1.165, 1.54) is 18.2 Å². The summed E-state index contributed by atoms with van der Waals surface area (Å²) in [5.74, 6) is -0.463. The molecular formula is C10H6F3IN2. The number of nitrogens with one attached hydrogen (secondary N) is 1. The van der Waals surface area contributed by atoms with Crippen molar-refractivity contribution >= 4 is 22.6 Å². The number of benzene rings is 1. The highest BCUT2D eigenvalue weighted by Crippen LogP contribution is 2.33. The molecule has 0 fully saturated rings. The number of hydrogen-bond acceptors (Lipinski definition) is 1. The van der Waals surface area contributed by atoms with Crippen LogP contribution in [0.15, 0.2) is 24.3 Å². The highest BCUT2D eigenvalue weighted by Gasteiger charge is 2.20. The predicted molar refractivity (Wildman–Crippen MR) is 61.7 cm³/mol. The van der Waals surface area contributed by atoms with Gasteiger partial charge in [-0.15, -0.1) is 0 Å². The Bertz CT molecular complexity index is 511. The number of aromatic amines is 1. The maximum atomic E-state index is 13.0. The number of halogens is 4. The summed E-state index contributed by atoms with van der Waals surface area (Å²) in [5, 5.41) is 5.96. The van der Waals surface area contributed by atoms with Gasteiger partial charge in [0.2, 0.25) is 0 Å². The molecule has 0 unspecified atom stereocenters. The van der Waals surface area contributed by atoms with Gasteiger partial charge in [0.1, 0.15) is 15.2 Å². The van der Waals surface area contributed by atoms with E-state index in [1.807, 2.05) is 22.6 Å². The lowest BCUT2D eigenvalue weighted by molar-refractivity contribution is 0.146. The molecule has 0 aliphatic heterocycles. The third kappa shape index (κ3) is 2.06. The molecule has 2 rings (SSSR count). The monoisotopic (exact) mass is 338 g/mol. The molecule has 0 radical (unpaired) electrons. The molecular weight excluding hydrogens is 332 g/mol. The number of hydrogen-bond donors (Lipinski definition) is 1. The molecule has 1 aromatic carbocycles. The summed E-state index contributed by atoms with van der Waals surface area (Å²) in [7, 11) is 0. The third-order valence-electron chi connectivity index (χ3n) is 2.08. The van der Waals surface area contributed by atoms with Crippen LogP contribution in [0.25, 0.3) is 11.1 Å². The molecule has 0 amide bonds. The van der Waals surface area contributed by atoms with E-state index < -0.39 is 12.2 Å². The molecule has 84 valence electrons. The van der Waals surface area contributed by atoms with Gasteiger partial charge in [0.15, 0.2) is 0 Å². The number of nitrogens with zero attached hydrogens (tertiary/aromatic N) is 1. The number of aromatic nitrogens is 2. The second-order valence-corrected chi connectivity index (χ2v) is 4.14. The van der Waals surface area contributed by atoms with E-state index in [-0.39, 0.29) is 11.3 Å². The second-order valence-electron chi connectivity index (χ2n) is 3.11. The van der Waals surface area contributed by atoms with Gasteiger partial charge in [-0.2, -0.15) is 5.10 Å². The quantitative estimate of drug-likeness (QED) is 0.830. The third-order valence-corrected chi connectivity index (χ3v) is 2.86. The van der Waals surface area contributed by atoms with Crippen LogP contribution in [0.3, 0.4) is 0 Å². The summed E-state index contributed by atoms with van der Waals surface area (Å²) in [6, 6.07) is 5.52. The van der Waals surface area contributed by atoms with Gasteiger partial charge in [-0.3, -0.25) is 5.10 Å². The van der Waals surface area contributed by atoms with Crippen molar-refractivity contribution < 1.29 is 13.2 Å². The minimum Gasteiger partial charge on any atom is -0.275 e. The predicted octanol–water partition coefficient (Wildman–Crippen LogP) is 3.76. The normalized spacial score (nSPS) is 11.1. The smallest absolute Gasteiger partial charge is 0.275 e. The van der Waals surface area contributed by atoms with E-state index in [0.29, 0.717) is 9.26 Å². The molecule has 1 aromatic heterocycles. The first-order valence-electron chi connectivity index (χ1n) is 4.37. The van der Waals surface area contributed by atoms with Crippen molar-refractivity contribution in [3.63, 3.8) is 0 Å². The minimum atomic E-state index is -2.66. The van der Waals surface area contributed by atoms with E-state index in [1.54, 1.807) is 6.07 Å². The molecule has 0 spiro atoms. The summed E-state index contributed by atoms with van der Waals surface area (Å²) in [4.78, 5) is 0. The van der Waals surface area contributed by atoms with E-state index in [9.17, 15) is 13.2 Å². The highest BCUT2D eigenvalue weighted by molar-refractivity contribution is 14.1. The summed E-state index contributed by atoms with van der Waals surface area (Å²) < 4.78 is 38.7. The van der Waals surface area contributed by atoms with Gasteiger partial charge in [-0.05, 0) is 40.3 Å². The summed E-state index contributed by atoms with van der Waals surface area (Å²) in [5.41, 5.74) is 0.374. The lowest BCUT2D eigenvalue weighted by Gasteiger charge is -2.03. The van der Waals surface area contributed by atoms with E-state index in [0.717, 1.165) is 0 Å². The average Bonchev–Trinajstić information content (AvgIpc) is 2.60. The summed E-state index contributed by atoms with van der Waals surface area (Å²) in [6.45, 7) is 0. The van der Waals surface area contributed by atoms with Crippen molar-refractivity contribution in [3.05, 3.63) is 39.5 Å². The molecule has 0 aliphatic carbocycles. The second kappa shape index (κ2) is 4.44. The van der Waals surface area contributed by atoms with Crippen LogP contribution in [-0.4, -0.2) is 10.2 Å². The summed E-state index contributed by atoms with van der Waals surface area (Å²) >= 11 is 1.83. The minimum absolute atomic E-state index is 0.259. The standard InChI is InChI=1S/C10H6F3IN2/c11-6-3-1-2-5(4-6)7-8(9(12)13)15-16-10(7)14/h1-4,9H,(H,15,16). The van der Waals surface area contributed by atoms with Crippen LogP contribution < -0.4 is 0 Å². The lowest BCUT2D eigenvalue weighted by atomic mass is 10.1. The van der Waals surface area contributed by atoms with Crippen LogP contribution in [-0.2, 0) is 0 Å². The topological polar surface area (TPSA) is 28.7 Å². The van der Waals surface area contributed by atoms with Gasteiger partial charge >= 0.3 is 0 Å². The molecule has 0 saturated carbocycles. The molecule has 6 heteroatoms. The van der Waals surface area contributed by atoms with E-state index in [2.05, 4.69) is 10.2 Å². The Morgan fingerprint density at radius 3 is 2.69 bits per heavy atom. The molecule has 1 heterocycles. The van der Waals surface area contributed by atoms with Crippen LogP contribution in [0.1, 0.15) is 12.1 Å². The Kier molecular flexibility index (Phi) is 3.17. The van der Waals surface area contributed by atoms with Crippen molar-refractivity contribution in [1.82, 2.24) is 10.2 Å². The fraction of sp³-hybridized carbons (Fsp3) is 0.100. The van der Waals surface area contributed by atoms with Gasteiger partial charge < -0.3 is 0 Å². The molecule has 0 aliphatic rings. The zero-order valence-corrected chi connectivity index (χ0v) is 10.0. The van der Waals surface area contributed by atoms with Crippen LogP contribution in [0.2, 0.25) is 0 Å². The number of H-pyrrole nitrogens is 1. The fourth-order valence-electron chi connectivity index (χ4n) is 1.41. The largest absolute Gasteiger partial charge is 0.280 e. The van der Waals surface area contributed by atoms with E-state index >= 15 is 0 Å². The van der Waals surface area contributed by atoms with Crippen LogP contribution in [0.5, 0.6) is 0 Å². The maximum Gasteiger partial charge on any atom is 0.280 e. The first-order chi connectivity index (χ1) is 7.59. The summed E-state index contributed by atoms with van der Waals surface area (Å²) in [6.07, 6.45) is -2.66. The van der Waals surface area contributed by atoms with Crippen molar-refractivity contribution in [3.8, 4) is 11.1 Å². The Labute approximate surface area is 103 Å². The maximum absolute atomic E-state index is 13.0. The van der Waals surface area contributed by atoms with E-state index in [4.69, 9.17) is 0 Å². The van der Waals surface area contributed by atoms with Crippen LogP contribution in [0.4, 0.5) is 13.2 Å². The fourth-order valence-corrected chi connectivity index (χ4v) is 2.13. The Balaban J connectivity index is 2.59. The Hall–Kier alpha value is -1.05. The molecule has 16 heavy (non-hydrogen) atoms. The number of alkyl halides is 2. The van der Waals surface area contributed by atoms with Crippen molar-refractivity contribution in [2.45, 2.75) is 6.43 Å². The molecule has 1 N–H and O–H groups in total. The molecule has 0 atom stereocenters. The van der Waals surface area contributed by atoms with Crippen molar-refractivity contribution in [2.24, 2.45) is 0 Å². The molecule has 0 saturated heterocycles.